The summed E-state index contributed by atoms with van der Waals surface area (Å²) < 4.78 is 30.4. The molecule has 3 rings (SSSR count). The number of hydrogen-bond acceptors (Lipinski definition) is 6. The Balaban J connectivity index is 1.62. The van der Waals surface area contributed by atoms with Crippen molar-refractivity contribution in [2.24, 2.45) is 5.10 Å². The van der Waals surface area contributed by atoms with E-state index < -0.39 is 14.9 Å². The average molecular weight is 460 g/mol. The lowest BCUT2D eigenvalue weighted by Gasteiger charge is -2.08. The highest BCUT2D eigenvalue weighted by molar-refractivity contribution is 7.89. The number of hydrazone groups is 1. The second kappa shape index (κ2) is 9.59. The zero-order valence-corrected chi connectivity index (χ0v) is 17.9. The van der Waals surface area contributed by atoms with E-state index in [1.54, 1.807) is 30.3 Å². The summed E-state index contributed by atoms with van der Waals surface area (Å²) >= 11 is 6.10. The van der Waals surface area contributed by atoms with Crippen LogP contribution in [0.4, 0.5) is 5.69 Å². The lowest BCUT2D eigenvalue weighted by atomic mass is 10.2. The Labute approximate surface area is 184 Å². The first-order valence-electron chi connectivity index (χ1n) is 9.02. The molecule has 0 aliphatic carbocycles. The molecule has 0 amide bonds. The molecule has 0 atom stereocenters. The normalized spacial score (nSPS) is 11.4. The van der Waals surface area contributed by atoms with Crippen LogP contribution in [0.2, 0.25) is 5.02 Å². The maximum absolute atomic E-state index is 12.3. The molecule has 0 aliphatic rings. The molecule has 160 valence electrons. The molecule has 0 radical (unpaired) electrons. The van der Waals surface area contributed by atoms with E-state index in [4.69, 9.17) is 16.3 Å². The summed E-state index contributed by atoms with van der Waals surface area (Å²) in [6.45, 7) is 1.84. The molecule has 0 heterocycles. The lowest BCUT2D eigenvalue weighted by Crippen LogP contribution is -2.18. The summed E-state index contributed by atoms with van der Waals surface area (Å²) in [5.41, 5.74) is 1.58. The van der Waals surface area contributed by atoms with Crippen LogP contribution in [0.5, 0.6) is 5.75 Å². The number of nitro groups is 1. The van der Waals surface area contributed by atoms with Crippen LogP contribution in [-0.4, -0.2) is 19.6 Å². The fourth-order valence-corrected chi connectivity index (χ4v) is 3.60. The minimum absolute atomic E-state index is 0.245. The van der Waals surface area contributed by atoms with Gasteiger partial charge in [-0.1, -0.05) is 35.9 Å². The van der Waals surface area contributed by atoms with E-state index in [9.17, 15) is 18.5 Å². The Morgan fingerprint density at radius 1 is 1.13 bits per heavy atom. The minimum Gasteiger partial charge on any atom is -0.489 e. The molecule has 3 aromatic rings. The third-order valence-corrected chi connectivity index (χ3v) is 5.90. The van der Waals surface area contributed by atoms with E-state index in [0.29, 0.717) is 28.5 Å². The molecule has 0 bridgehead atoms. The maximum atomic E-state index is 12.3. The van der Waals surface area contributed by atoms with E-state index in [1.165, 1.54) is 25.3 Å². The van der Waals surface area contributed by atoms with Gasteiger partial charge in [0.05, 0.1) is 16.0 Å². The molecule has 1 N–H and O–H groups in total. The third-order valence-electron chi connectivity index (χ3n) is 4.31. The molecule has 0 aliphatic heterocycles. The fraction of sp³-hybridized carbons (Fsp3) is 0.0952. The van der Waals surface area contributed by atoms with Crippen LogP contribution in [0.15, 0.2) is 76.7 Å². The monoisotopic (exact) mass is 459 g/mol. The number of hydrogen-bond donors (Lipinski definition) is 1. The average Bonchev–Trinajstić information content (AvgIpc) is 2.74. The molecule has 0 spiro atoms. The van der Waals surface area contributed by atoms with Gasteiger partial charge in [0.1, 0.15) is 12.4 Å². The number of nitro benzene ring substituents is 1. The smallest absolute Gasteiger partial charge is 0.276 e. The summed E-state index contributed by atoms with van der Waals surface area (Å²) in [7, 11) is -4.04. The summed E-state index contributed by atoms with van der Waals surface area (Å²) in [5, 5.41) is 15.4. The predicted molar refractivity (Wildman–Crippen MR) is 118 cm³/mol. The summed E-state index contributed by atoms with van der Waals surface area (Å²) in [5.74, 6) is 0.615. The van der Waals surface area contributed by atoms with E-state index >= 15 is 0 Å². The standard InChI is InChI=1S/C21H18ClN3O5S/c1-15-6-11-19(12-21(15)25(26)27)31(28,29)24-23-13-16-7-9-18(10-8-16)30-14-17-4-2-3-5-20(17)22/h2-13,24H,14H2,1H3/b23-13-. The lowest BCUT2D eigenvalue weighted by molar-refractivity contribution is -0.385. The van der Waals surface area contributed by atoms with Gasteiger partial charge in [0, 0.05) is 22.2 Å². The van der Waals surface area contributed by atoms with Gasteiger partial charge in [0.25, 0.3) is 15.7 Å². The van der Waals surface area contributed by atoms with E-state index in [1.807, 2.05) is 18.2 Å². The molecule has 8 nitrogen and oxygen atoms in total. The molecule has 0 fully saturated rings. The Kier molecular flexibility index (Phi) is 6.88. The largest absolute Gasteiger partial charge is 0.489 e. The number of nitrogens with zero attached hydrogens (tertiary/aromatic N) is 2. The van der Waals surface area contributed by atoms with Gasteiger partial charge >= 0.3 is 0 Å². The number of nitrogens with one attached hydrogen (secondary N) is 1. The highest BCUT2D eigenvalue weighted by atomic mass is 35.5. The van der Waals surface area contributed by atoms with Crippen molar-refractivity contribution in [3.63, 3.8) is 0 Å². The van der Waals surface area contributed by atoms with Crippen LogP contribution >= 0.6 is 11.6 Å². The topological polar surface area (TPSA) is 111 Å². The minimum atomic E-state index is -4.04. The molecule has 0 unspecified atom stereocenters. The highest BCUT2D eigenvalue weighted by Crippen LogP contribution is 2.22. The predicted octanol–water partition coefficient (Wildman–Crippen LogP) is 4.45. The number of rotatable bonds is 8. The Bertz CT molecular complexity index is 1230. The summed E-state index contributed by atoms with van der Waals surface area (Å²) in [6.07, 6.45) is 1.32. The Hall–Kier alpha value is -3.43. The quantitative estimate of drug-likeness (QED) is 0.304. The van der Waals surface area contributed by atoms with Crippen LogP contribution in [0.25, 0.3) is 0 Å². The van der Waals surface area contributed by atoms with Gasteiger partial charge in [-0.25, -0.2) is 4.83 Å². The number of sulfonamides is 1. The zero-order valence-electron chi connectivity index (χ0n) is 16.4. The maximum Gasteiger partial charge on any atom is 0.276 e. The van der Waals surface area contributed by atoms with Crippen molar-refractivity contribution in [3.8, 4) is 5.75 Å². The molecule has 0 aromatic heterocycles. The van der Waals surface area contributed by atoms with Crippen LogP contribution in [0.1, 0.15) is 16.7 Å². The molecule has 0 saturated heterocycles. The van der Waals surface area contributed by atoms with Gasteiger partial charge in [-0.3, -0.25) is 10.1 Å². The Morgan fingerprint density at radius 3 is 2.52 bits per heavy atom. The molecule has 3 aromatic carbocycles. The van der Waals surface area contributed by atoms with Gasteiger partial charge < -0.3 is 4.74 Å². The first-order chi connectivity index (χ1) is 14.8. The molecule has 31 heavy (non-hydrogen) atoms. The molecular weight excluding hydrogens is 442 g/mol. The van der Waals surface area contributed by atoms with E-state index in [2.05, 4.69) is 9.93 Å². The molecular formula is C21H18ClN3O5S. The zero-order chi connectivity index (χ0) is 22.4. The number of benzene rings is 3. The Morgan fingerprint density at radius 2 is 1.84 bits per heavy atom. The fourth-order valence-electron chi connectivity index (χ4n) is 2.60. The van der Waals surface area contributed by atoms with Gasteiger partial charge in [-0.15, -0.1) is 0 Å². The summed E-state index contributed by atoms with van der Waals surface area (Å²) in [4.78, 5) is 12.2. The van der Waals surface area contributed by atoms with Crippen LogP contribution in [-0.2, 0) is 16.6 Å². The third kappa shape index (κ3) is 5.80. The number of aryl methyl sites for hydroxylation is 1. The van der Waals surface area contributed by atoms with Crippen molar-refractivity contribution in [2.75, 3.05) is 0 Å². The number of halogens is 1. The van der Waals surface area contributed by atoms with Gasteiger partial charge in [-0.2, -0.15) is 13.5 Å². The second-order valence-electron chi connectivity index (χ2n) is 6.51. The van der Waals surface area contributed by atoms with Gasteiger partial charge in [-0.05, 0) is 48.9 Å². The molecule has 10 heteroatoms. The second-order valence-corrected chi connectivity index (χ2v) is 8.58. The number of ether oxygens (including phenoxy) is 1. The highest BCUT2D eigenvalue weighted by Gasteiger charge is 2.19. The first kappa shape index (κ1) is 22.3. The summed E-state index contributed by atoms with van der Waals surface area (Å²) in [6, 6.07) is 17.9. The van der Waals surface area contributed by atoms with Crippen LogP contribution in [0, 0.1) is 17.0 Å². The SMILES string of the molecule is Cc1ccc(S(=O)(=O)N/N=C\c2ccc(OCc3ccccc3Cl)cc2)cc1[N+](=O)[O-]. The van der Waals surface area contributed by atoms with Crippen LogP contribution < -0.4 is 9.57 Å². The van der Waals surface area contributed by atoms with Crippen molar-refractivity contribution in [3.05, 3.63) is 98.6 Å². The van der Waals surface area contributed by atoms with Crippen molar-refractivity contribution in [2.45, 2.75) is 18.4 Å². The first-order valence-corrected chi connectivity index (χ1v) is 10.9. The van der Waals surface area contributed by atoms with Crippen molar-refractivity contribution < 1.29 is 18.1 Å². The van der Waals surface area contributed by atoms with Gasteiger partial charge in [0.15, 0.2) is 0 Å². The van der Waals surface area contributed by atoms with Crippen molar-refractivity contribution in [1.82, 2.24) is 4.83 Å². The van der Waals surface area contributed by atoms with Gasteiger partial charge in [0.2, 0.25) is 0 Å². The molecule has 0 saturated carbocycles. The van der Waals surface area contributed by atoms with E-state index in [0.717, 1.165) is 11.6 Å². The van der Waals surface area contributed by atoms with Crippen molar-refractivity contribution in [1.29, 1.82) is 0 Å². The van der Waals surface area contributed by atoms with Crippen molar-refractivity contribution >= 4 is 33.5 Å². The van der Waals surface area contributed by atoms with Crippen LogP contribution in [0.3, 0.4) is 0 Å². The van der Waals surface area contributed by atoms with E-state index in [-0.39, 0.29) is 10.6 Å².